The fourth-order valence-electron chi connectivity index (χ4n) is 5.44. The molecule has 3 atom stereocenters. The lowest BCUT2D eigenvalue weighted by Crippen LogP contribution is -2.49. The van der Waals surface area contributed by atoms with E-state index in [9.17, 15) is 0 Å². The van der Waals surface area contributed by atoms with Gasteiger partial charge in [-0.3, -0.25) is 0 Å². The highest BCUT2D eigenvalue weighted by molar-refractivity contribution is 5.16. The predicted octanol–water partition coefficient (Wildman–Crippen LogP) is 5.50. The average molecular weight is 290 g/mol. The second kappa shape index (κ2) is 6.28. The summed E-state index contributed by atoms with van der Waals surface area (Å²) in [6.45, 7) is 14.3. The molecule has 2 fully saturated rings. The second-order valence-corrected chi connectivity index (χ2v) is 8.42. The molecule has 0 bridgehead atoms. The Morgan fingerprint density at radius 2 is 2.05 bits per heavy atom. The lowest BCUT2D eigenvalue weighted by atomic mass is 9.47. The van der Waals surface area contributed by atoms with E-state index in [-0.39, 0.29) is 6.61 Å². The Hall–Kier alpha value is -0.560. The maximum atomic E-state index is 9.04. The van der Waals surface area contributed by atoms with Gasteiger partial charge in [0.2, 0.25) is 0 Å². The largest absolute Gasteiger partial charge is 0.392 e. The summed E-state index contributed by atoms with van der Waals surface area (Å²) in [7, 11) is 0. The van der Waals surface area contributed by atoms with E-state index in [4.69, 9.17) is 5.11 Å². The molecule has 0 amide bonds. The molecule has 1 nitrogen and oxygen atoms in total. The van der Waals surface area contributed by atoms with Crippen LogP contribution in [0, 0.1) is 22.7 Å². The molecule has 0 spiro atoms. The summed E-state index contributed by atoms with van der Waals surface area (Å²) in [6.07, 6.45) is 11.0. The molecule has 2 rings (SSSR count). The van der Waals surface area contributed by atoms with E-state index < -0.39 is 0 Å². The van der Waals surface area contributed by atoms with Crippen LogP contribution in [0.15, 0.2) is 23.8 Å². The van der Waals surface area contributed by atoms with Crippen LogP contribution >= 0.6 is 0 Å². The topological polar surface area (TPSA) is 20.2 Å². The van der Waals surface area contributed by atoms with Crippen LogP contribution in [0.25, 0.3) is 0 Å². The summed E-state index contributed by atoms with van der Waals surface area (Å²) in [5.41, 5.74) is 3.74. The predicted molar refractivity (Wildman–Crippen MR) is 91.2 cm³/mol. The summed E-state index contributed by atoms with van der Waals surface area (Å²) < 4.78 is 0. The van der Waals surface area contributed by atoms with Crippen molar-refractivity contribution in [2.45, 2.75) is 72.6 Å². The summed E-state index contributed by atoms with van der Waals surface area (Å²) in [5.74, 6) is 1.51. The van der Waals surface area contributed by atoms with Crippen molar-refractivity contribution in [2.75, 3.05) is 6.61 Å². The Balaban J connectivity index is 2.17. The molecule has 1 N–H and O–H groups in total. The van der Waals surface area contributed by atoms with Crippen LogP contribution in [0.2, 0.25) is 0 Å². The van der Waals surface area contributed by atoms with Crippen LogP contribution in [-0.2, 0) is 0 Å². The second-order valence-electron chi connectivity index (χ2n) is 8.42. The molecule has 2 aliphatic carbocycles. The Kier molecular flexibility index (Phi) is 5.03. The maximum Gasteiger partial charge on any atom is 0.0614 e. The molecule has 0 aromatic heterocycles. The van der Waals surface area contributed by atoms with Gasteiger partial charge in [0.25, 0.3) is 0 Å². The van der Waals surface area contributed by atoms with Crippen LogP contribution in [0.3, 0.4) is 0 Å². The first-order valence-corrected chi connectivity index (χ1v) is 8.75. The molecular weight excluding hydrogens is 256 g/mol. The number of aliphatic hydroxyl groups excluding tert-OH is 1. The molecule has 0 saturated heterocycles. The summed E-state index contributed by atoms with van der Waals surface area (Å²) in [4.78, 5) is 0. The lowest BCUT2D eigenvalue weighted by molar-refractivity contribution is -0.0539. The molecule has 120 valence electrons. The zero-order chi connectivity index (χ0) is 15.7. The van der Waals surface area contributed by atoms with E-state index in [1.807, 2.05) is 6.08 Å². The molecule has 0 aromatic carbocycles. The Labute approximate surface area is 131 Å². The van der Waals surface area contributed by atoms with Crippen molar-refractivity contribution in [2.24, 2.45) is 22.7 Å². The van der Waals surface area contributed by atoms with Crippen molar-refractivity contribution >= 4 is 0 Å². The van der Waals surface area contributed by atoms with Crippen LogP contribution in [0.4, 0.5) is 0 Å². The molecule has 2 aliphatic rings. The van der Waals surface area contributed by atoms with Gasteiger partial charge in [-0.1, -0.05) is 51.0 Å². The van der Waals surface area contributed by atoms with E-state index in [0.717, 1.165) is 12.3 Å². The van der Waals surface area contributed by atoms with E-state index in [1.165, 1.54) is 49.7 Å². The zero-order valence-corrected chi connectivity index (χ0v) is 14.5. The molecule has 0 heterocycles. The van der Waals surface area contributed by atoms with Crippen LogP contribution in [-0.4, -0.2) is 11.7 Å². The fraction of sp³-hybridized carbons (Fsp3) is 0.800. The van der Waals surface area contributed by atoms with Crippen molar-refractivity contribution < 1.29 is 5.11 Å². The van der Waals surface area contributed by atoms with Gasteiger partial charge in [-0.25, -0.2) is 0 Å². The van der Waals surface area contributed by atoms with Crippen molar-refractivity contribution in [1.29, 1.82) is 0 Å². The highest BCUT2D eigenvalue weighted by Gasteiger charge is 2.52. The zero-order valence-electron chi connectivity index (χ0n) is 14.5. The smallest absolute Gasteiger partial charge is 0.0614 e. The normalized spacial score (nSPS) is 36.4. The Morgan fingerprint density at radius 3 is 2.71 bits per heavy atom. The quantitative estimate of drug-likeness (QED) is 0.677. The number of allylic oxidation sites excluding steroid dienone is 2. The van der Waals surface area contributed by atoms with Crippen molar-refractivity contribution in [3.8, 4) is 0 Å². The first-order valence-electron chi connectivity index (χ1n) is 8.75. The molecule has 2 saturated carbocycles. The van der Waals surface area contributed by atoms with E-state index in [1.54, 1.807) is 0 Å². The Morgan fingerprint density at radius 1 is 1.33 bits per heavy atom. The number of fused-ring (bicyclic) bond motifs is 1. The average Bonchev–Trinajstić information content (AvgIpc) is 2.37. The monoisotopic (exact) mass is 290 g/mol. The number of hydrogen-bond acceptors (Lipinski definition) is 1. The molecular formula is C20H34O. The minimum absolute atomic E-state index is 0.171. The maximum absolute atomic E-state index is 9.04. The lowest BCUT2D eigenvalue weighted by Gasteiger charge is -2.58. The highest BCUT2D eigenvalue weighted by Crippen LogP contribution is 2.61. The van der Waals surface area contributed by atoms with E-state index in [0.29, 0.717) is 16.7 Å². The fourth-order valence-corrected chi connectivity index (χ4v) is 5.44. The SMILES string of the molecule is C=C1CC[C@@H]2C(C)(C)CCC[C@]2(C)[C@@H]1CC/C(C)=C/CO. The van der Waals surface area contributed by atoms with Crippen LogP contribution < -0.4 is 0 Å². The standard InChI is InChI=1S/C20H34O/c1-15(11-14-21)7-9-17-16(2)8-10-18-19(3,4)12-6-13-20(17,18)5/h11,17-18,21H,2,6-10,12-14H2,1,3-5H3/b15-11+/t17-,18-,20-/m1/s1. The van der Waals surface area contributed by atoms with Gasteiger partial charge in [0, 0.05) is 0 Å². The number of hydrogen-bond donors (Lipinski definition) is 1. The molecule has 21 heavy (non-hydrogen) atoms. The van der Waals surface area contributed by atoms with E-state index >= 15 is 0 Å². The van der Waals surface area contributed by atoms with Gasteiger partial charge in [-0.05, 0) is 68.1 Å². The van der Waals surface area contributed by atoms with Gasteiger partial charge in [0.15, 0.2) is 0 Å². The third kappa shape index (κ3) is 3.28. The highest BCUT2D eigenvalue weighted by atomic mass is 16.2. The first-order chi connectivity index (χ1) is 9.81. The minimum Gasteiger partial charge on any atom is -0.392 e. The summed E-state index contributed by atoms with van der Waals surface area (Å²) in [6, 6.07) is 0. The minimum atomic E-state index is 0.171. The number of aliphatic hydroxyl groups is 1. The van der Waals surface area contributed by atoms with Gasteiger partial charge in [-0.2, -0.15) is 0 Å². The van der Waals surface area contributed by atoms with Crippen LogP contribution in [0.5, 0.6) is 0 Å². The first kappa shape index (κ1) is 16.8. The van der Waals surface area contributed by atoms with E-state index in [2.05, 4.69) is 34.3 Å². The third-order valence-corrected chi connectivity index (χ3v) is 6.59. The molecule has 0 aliphatic heterocycles. The van der Waals surface area contributed by atoms with Gasteiger partial charge in [0.1, 0.15) is 0 Å². The molecule has 0 radical (unpaired) electrons. The van der Waals surface area contributed by atoms with Gasteiger partial charge in [-0.15, -0.1) is 0 Å². The van der Waals surface area contributed by atoms with Gasteiger partial charge < -0.3 is 5.11 Å². The number of rotatable bonds is 4. The van der Waals surface area contributed by atoms with Crippen LogP contribution in [0.1, 0.15) is 72.6 Å². The van der Waals surface area contributed by atoms with Crippen molar-refractivity contribution in [1.82, 2.24) is 0 Å². The van der Waals surface area contributed by atoms with Crippen molar-refractivity contribution in [3.63, 3.8) is 0 Å². The summed E-state index contributed by atoms with van der Waals surface area (Å²) >= 11 is 0. The molecule has 0 unspecified atom stereocenters. The molecule has 1 heteroatoms. The Bertz CT molecular complexity index is 418. The van der Waals surface area contributed by atoms with Gasteiger partial charge in [0.05, 0.1) is 6.61 Å². The molecule has 0 aromatic rings. The summed E-state index contributed by atoms with van der Waals surface area (Å²) in [5, 5.41) is 9.04. The third-order valence-electron chi connectivity index (χ3n) is 6.59. The van der Waals surface area contributed by atoms with Gasteiger partial charge >= 0.3 is 0 Å². The van der Waals surface area contributed by atoms with Crippen molar-refractivity contribution in [3.05, 3.63) is 23.8 Å².